The first-order chi connectivity index (χ1) is 7.02. The Morgan fingerprint density at radius 2 is 2.07 bits per heavy atom. The number of hydrogen-bond acceptors (Lipinski definition) is 4. The molecule has 0 unspecified atom stereocenters. The molecule has 0 aromatic heterocycles. The molecule has 0 aliphatic carbocycles. The highest BCUT2D eigenvalue weighted by molar-refractivity contribution is 6.07. The van der Waals surface area contributed by atoms with Crippen LogP contribution < -0.4 is 5.32 Å². The Balaban J connectivity index is 2.16. The van der Waals surface area contributed by atoms with Crippen LogP contribution in [0.4, 0.5) is 0 Å². The minimum Gasteiger partial charge on any atom is -0.393 e. The molecule has 2 saturated heterocycles. The van der Waals surface area contributed by atoms with E-state index in [4.69, 9.17) is 4.74 Å². The van der Waals surface area contributed by atoms with Crippen molar-refractivity contribution in [2.45, 2.75) is 18.1 Å². The minimum atomic E-state index is -0.990. The number of aliphatic hydroxyl groups excluding tert-OH is 1. The summed E-state index contributed by atoms with van der Waals surface area (Å²) in [5.74, 6) is -1.72. The number of ether oxygens (including phenoxy) is 1. The number of amides is 2. The lowest BCUT2D eigenvalue weighted by Crippen LogP contribution is -2.42. The Bertz CT molecular complexity index is 404. The van der Waals surface area contributed by atoms with Crippen molar-refractivity contribution in [3.05, 3.63) is 12.2 Å². The van der Waals surface area contributed by atoms with Crippen molar-refractivity contribution in [2.75, 3.05) is 6.61 Å². The lowest BCUT2D eigenvalue weighted by Gasteiger charge is -2.24. The minimum absolute atomic E-state index is 0.277. The molecule has 0 saturated carbocycles. The van der Waals surface area contributed by atoms with E-state index in [9.17, 15) is 14.7 Å². The van der Waals surface area contributed by atoms with Gasteiger partial charge in [-0.1, -0.05) is 12.2 Å². The van der Waals surface area contributed by atoms with Crippen LogP contribution in [0.2, 0.25) is 0 Å². The maximum atomic E-state index is 11.6. The highest BCUT2D eigenvalue weighted by Gasteiger charge is 2.69. The van der Waals surface area contributed by atoms with Crippen LogP contribution in [0.5, 0.6) is 0 Å². The van der Waals surface area contributed by atoms with Gasteiger partial charge in [-0.15, -0.1) is 0 Å². The molecule has 2 bridgehead atoms. The van der Waals surface area contributed by atoms with Gasteiger partial charge in [-0.3, -0.25) is 14.9 Å². The Kier molecular flexibility index (Phi) is 1.39. The van der Waals surface area contributed by atoms with Gasteiger partial charge in [-0.25, -0.2) is 0 Å². The van der Waals surface area contributed by atoms with Gasteiger partial charge in [0, 0.05) is 0 Å². The third-order valence-electron chi connectivity index (χ3n) is 3.64. The van der Waals surface area contributed by atoms with E-state index in [2.05, 4.69) is 5.32 Å². The van der Waals surface area contributed by atoms with Gasteiger partial charge < -0.3 is 9.84 Å². The summed E-state index contributed by atoms with van der Waals surface area (Å²) in [6.45, 7) is 1.49. The molecule has 5 heteroatoms. The first kappa shape index (κ1) is 9.06. The van der Waals surface area contributed by atoms with Crippen molar-refractivity contribution in [3.8, 4) is 0 Å². The van der Waals surface area contributed by atoms with Gasteiger partial charge in [0.1, 0.15) is 5.60 Å². The monoisotopic (exact) mass is 209 g/mol. The number of hydrogen-bond donors (Lipinski definition) is 2. The van der Waals surface area contributed by atoms with Crippen LogP contribution in [0.1, 0.15) is 6.92 Å². The molecule has 0 radical (unpaired) electrons. The van der Waals surface area contributed by atoms with Crippen molar-refractivity contribution >= 4 is 11.8 Å². The molecule has 4 atom stereocenters. The number of aliphatic hydroxyl groups is 1. The highest BCUT2D eigenvalue weighted by Crippen LogP contribution is 2.55. The number of nitrogens with one attached hydrogen (secondary N) is 1. The fourth-order valence-corrected chi connectivity index (χ4v) is 2.98. The zero-order chi connectivity index (χ0) is 10.8. The van der Waals surface area contributed by atoms with Crippen molar-refractivity contribution < 1.29 is 19.4 Å². The van der Waals surface area contributed by atoms with E-state index in [-0.39, 0.29) is 18.4 Å². The van der Waals surface area contributed by atoms with Crippen LogP contribution in [0, 0.1) is 11.8 Å². The SMILES string of the molecule is C[C@@]12C=C[C@@](CO)(O1)[C@H]1C(=O)NC(=O)[C@H]12. The summed E-state index contributed by atoms with van der Waals surface area (Å²) in [6, 6.07) is 0. The third-order valence-corrected chi connectivity index (χ3v) is 3.64. The van der Waals surface area contributed by atoms with Crippen molar-refractivity contribution in [3.63, 3.8) is 0 Å². The Morgan fingerprint density at radius 1 is 1.40 bits per heavy atom. The largest absolute Gasteiger partial charge is 0.393 e. The zero-order valence-corrected chi connectivity index (χ0v) is 8.19. The topological polar surface area (TPSA) is 75.6 Å². The predicted octanol–water partition coefficient (Wildman–Crippen LogP) is -1.03. The van der Waals surface area contributed by atoms with Crippen LogP contribution in [-0.2, 0) is 14.3 Å². The van der Waals surface area contributed by atoms with E-state index in [0.29, 0.717) is 0 Å². The van der Waals surface area contributed by atoms with Crippen molar-refractivity contribution in [2.24, 2.45) is 11.8 Å². The van der Waals surface area contributed by atoms with Gasteiger partial charge in [-0.05, 0) is 6.92 Å². The molecule has 80 valence electrons. The molecule has 5 nitrogen and oxygen atoms in total. The fraction of sp³-hybridized carbons (Fsp3) is 0.600. The first-order valence-corrected chi connectivity index (χ1v) is 4.88. The summed E-state index contributed by atoms with van der Waals surface area (Å²) in [5, 5.41) is 11.6. The van der Waals surface area contributed by atoms with Crippen LogP contribution >= 0.6 is 0 Å². The fourth-order valence-electron chi connectivity index (χ4n) is 2.98. The standard InChI is InChI=1S/C10H11NO4/c1-9-2-3-10(4-12,15-9)6-5(9)7(13)11-8(6)14/h2-3,5-6,12H,4H2,1H3,(H,11,13,14)/t5-,6+,9-,10-/m0/s1. The second kappa shape index (κ2) is 2.31. The maximum absolute atomic E-state index is 11.6. The third kappa shape index (κ3) is 0.815. The maximum Gasteiger partial charge on any atom is 0.233 e. The number of carbonyl (C=O) groups excluding carboxylic acids is 2. The van der Waals surface area contributed by atoms with Crippen molar-refractivity contribution in [1.29, 1.82) is 0 Å². The second-order valence-electron chi connectivity index (χ2n) is 4.54. The zero-order valence-electron chi connectivity index (χ0n) is 8.19. The van der Waals surface area contributed by atoms with E-state index < -0.39 is 23.0 Å². The molecule has 0 spiro atoms. The second-order valence-corrected chi connectivity index (χ2v) is 4.54. The Morgan fingerprint density at radius 3 is 2.73 bits per heavy atom. The summed E-state index contributed by atoms with van der Waals surface area (Å²) in [4.78, 5) is 23.2. The summed E-state index contributed by atoms with van der Waals surface area (Å²) < 4.78 is 5.66. The van der Waals surface area contributed by atoms with Gasteiger partial charge >= 0.3 is 0 Å². The van der Waals surface area contributed by atoms with Gasteiger partial charge in [-0.2, -0.15) is 0 Å². The van der Waals surface area contributed by atoms with Crippen LogP contribution in [-0.4, -0.2) is 34.7 Å². The molecule has 3 rings (SSSR count). The molecule has 3 aliphatic heterocycles. The van der Waals surface area contributed by atoms with E-state index >= 15 is 0 Å². The van der Waals surface area contributed by atoms with E-state index in [1.54, 1.807) is 19.1 Å². The van der Waals surface area contributed by atoms with E-state index in [1.165, 1.54) is 0 Å². The number of fused-ring (bicyclic) bond motifs is 5. The van der Waals surface area contributed by atoms with E-state index in [0.717, 1.165) is 0 Å². The number of rotatable bonds is 1. The molecule has 2 amide bonds. The molecule has 15 heavy (non-hydrogen) atoms. The van der Waals surface area contributed by atoms with Gasteiger partial charge in [0.15, 0.2) is 0 Å². The molecule has 3 aliphatic rings. The Labute approximate surface area is 86.1 Å². The summed E-state index contributed by atoms with van der Waals surface area (Å²) >= 11 is 0. The molecular weight excluding hydrogens is 198 g/mol. The predicted molar refractivity (Wildman–Crippen MR) is 48.6 cm³/mol. The lowest BCUT2D eigenvalue weighted by atomic mass is 9.73. The van der Waals surface area contributed by atoms with Crippen LogP contribution in [0.25, 0.3) is 0 Å². The smallest absolute Gasteiger partial charge is 0.233 e. The van der Waals surface area contributed by atoms with Crippen LogP contribution in [0.15, 0.2) is 12.2 Å². The summed E-state index contributed by atoms with van der Waals surface area (Å²) in [6.07, 6.45) is 3.47. The van der Waals surface area contributed by atoms with E-state index in [1.807, 2.05) is 0 Å². The first-order valence-electron chi connectivity index (χ1n) is 4.88. The van der Waals surface area contributed by atoms with Gasteiger partial charge in [0.05, 0.1) is 24.0 Å². The lowest BCUT2D eigenvalue weighted by molar-refractivity contribution is -0.134. The molecule has 3 heterocycles. The highest BCUT2D eigenvalue weighted by atomic mass is 16.5. The summed E-state index contributed by atoms with van der Waals surface area (Å²) in [7, 11) is 0. The number of carbonyl (C=O) groups is 2. The van der Waals surface area contributed by atoms with Crippen LogP contribution in [0.3, 0.4) is 0 Å². The molecule has 0 aromatic carbocycles. The average molecular weight is 209 g/mol. The average Bonchev–Trinajstić information content (AvgIpc) is 2.75. The molecule has 2 N–H and O–H groups in total. The molecular formula is C10H11NO4. The number of imide groups is 1. The normalized spacial score (nSPS) is 51.1. The van der Waals surface area contributed by atoms with Crippen molar-refractivity contribution in [1.82, 2.24) is 5.32 Å². The van der Waals surface area contributed by atoms with Gasteiger partial charge in [0.25, 0.3) is 0 Å². The van der Waals surface area contributed by atoms with Gasteiger partial charge in [0.2, 0.25) is 11.8 Å². The quantitative estimate of drug-likeness (QED) is 0.427. The molecule has 0 aromatic rings. The summed E-state index contributed by atoms with van der Waals surface area (Å²) in [5.41, 5.74) is -1.74. The Hall–Kier alpha value is -1.20. The molecule has 2 fully saturated rings.